The van der Waals surface area contributed by atoms with Crippen molar-refractivity contribution in [3.63, 3.8) is 0 Å². The van der Waals surface area contributed by atoms with Crippen LogP contribution in [-0.4, -0.2) is 0 Å². The van der Waals surface area contributed by atoms with Gasteiger partial charge in [-0.3, -0.25) is 0 Å². The van der Waals surface area contributed by atoms with E-state index in [9.17, 15) is 0 Å². The third-order valence-electron chi connectivity index (χ3n) is 0.990. The van der Waals surface area contributed by atoms with Gasteiger partial charge in [0.05, 0.1) is 0 Å². The van der Waals surface area contributed by atoms with E-state index in [1.165, 1.54) is 12.1 Å². The molecule has 1 aromatic carbocycles. The van der Waals surface area contributed by atoms with Crippen LogP contribution >= 0.6 is 11.6 Å². The average molecular weight is 145 g/mol. The molecule has 0 bridgehead atoms. The maximum Gasteiger partial charge on any atom is 0.0436 e. The van der Waals surface area contributed by atoms with Crippen LogP contribution in [0.5, 0.6) is 0 Å². The molecule has 1 aromatic rings. The van der Waals surface area contributed by atoms with Crippen LogP contribution in [0.2, 0.25) is 5.02 Å². The highest BCUT2D eigenvalue weighted by Gasteiger charge is 1.91. The second-order valence-electron chi connectivity index (χ2n) is 1.74. The Labute approximate surface area is 63.7 Å². The Morgan fingerprint density at radius 3 is 3.00 bits per heavy atom. The predicted octanol–water partition coefficient (Wildman–Crippen LogP) is 2.23. The largest absolute Gasteiger partial charge is 0.399 e. The lowest BCUT2D eigenvalue weighted by Crippen LogP contribution is -1.84. The fourth-order valence-electron chi connectivity index (χ4n) is 0.543. The van der Waals surface area contributed by atoms with Crippen LogP contribution < -0.4 is 5.73 Å². The third-order valence-corrected chi connectivity index (χ3v) is 1.32. The maximum atomic E-state index is 7.10. The average Bonchev–Trinajstić information content (AvgIpc) is 1.92. The predicted molar refractivity (Wildman–Crippen MR) is 40.6 cm³/mol. The second-order valence-corrected chi connectivity index (χ2v) is 2.15. The summed E-state index contributed by atoms with van der Waals surface area (Å²) >= 11 is 5.67. The van der Waals surface area contributed by atoms with Gasteiger partial charge in [-0.15, -0.1) is 0 Å². The first-order valence-electron chi connectivity index (χ1n) is 3.97. The van der Waals surface area contributed by atoms with Gasteiger partial charge in [0.15, 0.2) is 0 Å². The number of rotatable bonds is 0. The van der Waals surface area contributed by atoms with Crippen LogP contribution in [0.25, 0.3) is 0 Å². The number of anilines is 1. The van der Waals surface area contributed by atoms with Crippen LogP contribution in [0.3, 0.4) is 0 Å². The van der Waals surface area contributed by atoms with Gasteiger partial charge >= 0.3 is 0 Å². The fraction of sp³-hybridized carbons (Fsp3) is 0.143. The summed E-state index contributed by atoms with van der Waals surface area (Å²) in [6.07, 6.45) is 0. The van der Waals surface area contributed by atoms with Crippen LogP contribution in [-0.2, 0) is 0 Å². The van der Waals surface area contributed by atoms with Crippen molar-refractivity contribution >= 4 is 17.3 Å². The quantitative estimate of drug-likeness (QED) is 0.556. The smallest absolute Gasteiger partial charge is 0.0436 e. The van der Waals surface area contributed by atoms with Crippen molar-refractivity contribution in [2.24, 2.45) is 0 Å². The molecule has 9 heavy (non-hydrogen) atoms. The Bertz CT molecular complexity index is 295. The van der Waals surface area contributed by atoms with E-state index < -0.39 is 6.85 Å². The van der Waals surface area contributed by atoms with Gasteiger partial charge in [-0.05, 0) is 30.6 Å². The molecule has 0 aliphatic carbocycles. The van der Waals surface area contributed by atoms with E-state index in [0.29, 0.717) is 5.69 Å². The van der Waals surface area contributed by atoms with E-state index in [0.717, 1.165) is 0 Å². The zero-order chi connectivity index (χ0) is 9.35. The molecule has 1 nitrogen and oxygen atoms in total. The molecule has 0 saturated carbocycles. The molecule has 0 spiro atoms. The summed E-state index contributed by atoms with van der Waals surface area (Å²) in [5.74, 6) is 0. The van der Waals surface area contributed by atoms with E-state index in [2.05, 4.69) is 0 Å². The van der Waals surface area contributed by atoms with Gasteiger partial charge < -0.3 is 5.73 Å². The van der Waals surface area contributed by atoms with Gasteiger partial charge in [0.2, 0.25) is 0 Å². The van der Waals surface area contributed by atoms with Crippen molar-refractivity contribution < 1.29 is 4.11 Å². The zero-order valence-electron chi connectivity index (χ0n) is 7.69. The van der Waals surface area contributed by atoms with E-state index in [-0.39, 0.29) is 10.6 Å². The van der Waals surface area contributed by atoms with Gasteiger partial charge in [-0.25, -0.2) is 0 Å². The SMILES string of the molecule is [2H]C([2H])([2H])c1cc(N)ccc1Cl. The van der Waals surface area contributed by atoms with Crippen molar-refractivity contribution in [3.8, 4) is 0 Å². The second kappa shape index (κ2) is 2.28. The van der Waals surface area contributed by atoms with Crippen LogP contribution in [0.1, 0.15) is 9.68 Å². The minimum atomic E-state index is -2.19. The molecule has 0 aromatic heterocycles. The highest BCUT2D eigenvalue weighted by atomic mass is 35.5. The summed E-state index contributed by atoms with van der Waals surface area (Å²) < 4.78 is 21.3. The summed E-state index contributed by atoms with van der Waals surface area (Å²) in [6.45, 7) is -2.19. The first-order chi connectivity index (χ1) is 5.41. The molecular weight excluding hydrogens is 134 g/mol. The summed E-state index contributed by atoms with van der Waals surface area (Å²) in [7, 11) is 0. The number of nitrogen functional groups attached to an aromatic ring is 1. The van der Waals surface area contributed by atoms with Gasteiger partial charge in [0.25, 0.3) is 0 Å². The topological polar surface area (TPSA) is 26.0 Å². The molecule has 48 valence electrons. The molecule has 0 aliphatic heterocycles. The molecule has 0 saturated heterocycles. The lowest BCUT2D eigenvalue weighted by molar-refractivity contribution is 1.47. The van der Waals surface area contributed by atoms with Crippen molar-refractivity contribution in [2.45, 2.75) is 6.85 Å². The third kappa shape index (κ3) is 1.36. The molecule has 0 radical (unpaired) electrons. The Morgan fingerprint density at radius 1 is 1.67 bits per heavy atom. The lowest BCUT2D eigenvalue weighted by atomic mass is 10.2. The zero-order valence-corrected chi connectivity index (χ0v) is 5.44. The number of hydrogen-bond acceptors (Lipinski definition) is 1. The highest BCUT2D eigenvalue weighted by molar-refractivity contribution is 6.31. The Morgan fingerprint density at radius 2 is 2.44 bits per heavy atom. The Kier molecular flexibility index (Phi) is 0.878. The lowest BCUT2D eigenvalue weighted by Gasteiger charge is -1.96. The van der Waals surface area contributed by atoms with E-state index >= 15 is 0 Å². The van der Waals surface area contributed by atoms with Crippen molar-refractivity contribution in [1.82, 2.24) is 0 Å². The number of aryl methyl sites for hydroxylation is 1. The van der Waals surface area contributed by atoms with E-state index in [1.54, 1.807) is 6.07 Å². The minimum absolute atomic E-state index is 0.101. The van der Waals surface area contributed by atoms with Gasteiger partial charge in [-0.1, -0.05) is 11.6 Å². The minimum Gasteiger partial charge on any atom is -0.399 e. The summed E-state index contributed by atoms with van der Waals surface area (Å²) in [5, 5.41) is 0.226. The van der Waals surface area contributed by atoms with E-state index in [4.69, 9.17) is 21.4 Å². The molecule has 0 fully saturated rings. The van der Waals surface area contributed by atoms with Crippen molar-refractivity contribution in [1.29, 1.82) is 0 Å². The van der Waals surface area contributed by atoms with Crippen molar-refractivity contribution in [2.75, 3.05) is 5.73 Å². The molecule has 0 aliphatic rings. The summed E-state index contributed by atoms with van der Waals surface area (Å²) in [6, 6.07) is 4.42. The first kappa shape index (κ1) is 3.47. The van der Waals surface area contributed by atoms with Crippen LogP contribution in [0, 0.1) is 6.85 Å². The Balaban J connectivity index is 3.23. The fourth-order valence-corrected chi connectivity index (χ4v) is 0.660. The molecule has 0 amide bonds. The van der Waals surface area contributed by atoms with Crippen molar-refractivity contribution in [3.05, 3.63) is 28.8 Å². The summed E-state index contributed by atoms with van der Waals surface area (Å²) in [5.41, 5.74) is 5.92. The molecule has 0 unspecified atom stereocenters. The van der Waals surface area contributed by atoms with Crippen LogP contribution in [0.4, 0.5) is 5.69 Å². The number of halogens is 1. The number of nitrogens with two attached hydrogens (primary N) is 1. The number of benzene rings is 1. The van der Waals surface area contributed by atoms with E-state index in [1.807, 2.05) is 0 Å². The first-order valence-corrected chi connectivity index (χ1v) is 2.84. The Hall–Kier alpha value is -0.690. The van der Waals surface area contributed by atoms with Gasteiger partial charge in [-0.2, -0.15) is 0 Å². The summed E-state index contributed by atoms with van der Waals surface area (Å²) in [4.78, 5) is 0. The molecule has 2 heteroatoms. The molecule has 0 atom stereocenters. The van der Waals surface area contributed by atoms with Gasteiger partial charge in [0, 0.05) is 14.8 Å². The standard InChI is InChI=1S/C7H8ClN/c1-5-4-6(9)2-3-7(5)8/h2-4H,9H2,1H3/i1D3. The molecular formula is C7H8ClN. The number of hydrogen-bond donors (Lipinski definition) is 1. The van der Waals surface area contributed by atoms with Gasteiger partial charge in [0.1, 0.15) is 0 Å². The maximum absolute atomic E-state index is 7.10. The normalized spacial score (nSPS) is 15.9. The molecule has 0 heterocycles. The highest BCUT2D eigenvalue weighted by Crippen LogP contribution is 2.16. The molecule has 2 N–H and O–H groups in total. The van der Waals surface area contributed by atoms with Crippen LogP contribution in [0.15, 0.2) is 18.2 Å². The monoisotopic (exact) mass is 144 g/mol. The molecule has 1 rings (SSSR count).